The van der Waals surface area contributed by atoms with E-state index in [-0.39, 0.29) is 6.61 Å². The number of aromatic nitrogens is 3. The molecule has 1 N–H and O–H groups in total. The van der Waals surface area contributed by atoms with Gasteiger partial charge in [0.25, 0.3) is 0 Å². The zero-order valence-corrected chi connectivity index (χ0v) is 13.4. The third-order valence-electron chi connectivity index (χ3n) is 3.19. The van der Waals surface area contributed by atoms with Gasteiger partial charge in [0.1, 0.15) is 18.1 Å². The molecule has 120 valence electrons. The summed E-state index contributed by atoms with van der Waals surface area (Å²) in [6.45, 7) is 0.218. The van der Waals surface area contributed by atoms with E-state index in [1.54, 1.807) is 7.11 Å². The van der Waals surface area contributed by atoms with Crippen molar-refractivity contribution in [2.24, 2.45) is 0 Å². The zero-order chi connectivity index (χ0) is 16.1. The number of nitrogens with zero attached hydrogens (tertiary/aromatic N) is 3. The summed E-state index contributed by atoms with van der Waals surface area (Å²) in [5, 5.41) is 19.0. The highest BCUT2D eigenvalue weighted by Gasteiger charge is 2.10. The van der Waals surface area contributed by atoms with Crippen molar-refractivity contribution < 1.29 is 14.6 Å². The molecule has 7 heteroatoms. The topological polar surface area (TPSA) is 68.9 Å². The summed E-state index contributed by atoms with van der Waals surface area (Å²) >= 11 is 1.45. The minimum atomic E-state index is -0.599. The minimum absolute atomic E-state index is 0.218. The van der Waals surface area contributed by atoms with E-state index in [9.17, 15) is 5.11 Å². The Hall–Kier alpha value is -2.25. The number of benzene rings is 1. The molecule has 0 unspecified atom stereocenters. The Kier molecular flexibility index (Phi) is 4.99. The van der Waals surface area contributed by atoms with Gasteiger partial charge in [-0.3, -0.25) is 4.40 Å². The van der Waals surface area contributed by atoms with Gasteiger partial charge in [0.2, 0.25) is 0 Å². The zero-order valence-electron chi connectivity index (χ0n) is 12.6. The van der Waals surface area contributed by atoms with Crippen LogP contribution in [0, 0.1) is 0 Å². The lowest BCUT2D eigenvalue weighted by Crippen LogP contribution is -2.20. The smallest absolute Gasteiger partial charge is 0.195 e. The largest absolute Gasteiger partial charge is 0.497 e. The number of pyridine rings is 1. The molecule has 0 aliphatic carbocycles. The number of hydrogen-bond donors (Lipinski definition) is 1. The molecule has 0 fully saturated rings. The Balaban J connectivity index is 1.50. The van der Waals surface area contributed by atoms with Gasteiger partial charge in [0.15, 0.2) is 10.8 Å². The van der Waals surface area contributed by atoms with Gasteiger partial charge in [-0.15, -0.1) is 10.2 Å². The number of rotatable bonds is 7. The molecule has 2 aromatic heterocycles. The van der Waals surface area contributed by atoms with Gasteiger partial charge < -0.3 is 14.6 Å². The molecule has 0 amide bonds. The Morgan fingerprint density at radius 2 is 1.91 bits per heavy atom. The fraction of sp³-hybridized carbons (Fsp3) is 0.250. The van der Waals surface area contributed by atoms with Crippen molar-refractivity contribution >= 4 is 17.4 Å². The molecule has 0 radical (unpaired) electrons. The van der Waals surface area contributed by atoms with E-state index in [0.717, 1.165) is 16.6 Å². The second kappa shape index (κ2) is 7.34. The lowest BCUT2D eigenvalue weighted by Gasteiger charge is -2.12. The van der Waals surface area contributed by atoms with Crippen LogP contribution in [0.5, 0.6) is 11.5 Å². The number of aliphatic hydroxyl groups is 1. The number of aliphatic hydroxyl groups excluding tert-OH is 1. The van der Waals surface area contributed by atoms with Gasteiger partial charge in [-0.05, 0) is 36.4 Å². The van der Waals surface area contributed by atoms with Crippen LogP contribution in [0.15, 0.2) is 53.8 Å². The SMILES string of the molecule is COc1ccc(OC[C@@H](O)CSc2nnc3ccccn23)cc1. The summed E-state index contributed by atoms with van der Waals surface area (Å²) in [6.07, 6.45) is 1.30. The van der Waals surface area contributed by atoms with Crippen LogP contribution < -0.4 is 9.47 Å². The number of thioether (sulfide) groups is 1. The van der Waals surface area contributed by atoms with Crippen LogP contribution in [-0.4, -0.2) is 45.3 Å². The third kappa shape index (κ3) is 3.94. The van der Waals surface area contributed by atoms with Crippen LogP contribution in [-0.2, 0) is 0 Å². The highest BCUT2D eigenvalue weighted by molar-refractivity contribution is 7.99. The monoisotopic (exact) mass is 331 g/mol. The first-order chi connectivity index (χ1) is 11.3. The van der Waals surface area contributed by atoms with Crippen molar-refractivity contribution in [3.05, 3.63) is 48.7 Å². The first-order valence-corrected chi connectivity index (χ1v) is 8.12. The number of fused-ring (bicyclic) bond motifs is 1. The highest BCUT2D eigenvalue weighted by atomic mass is 32.2. The van der Waals surface area contributed by atoms with Crippen LogP contribution in [0.4, 0.5) is 0 Å². The molecule has 0 saturated carbocycles. The normalized spacial score (nSPS) is 12.3. The van der Waals surface area contributed by atoms with E-state index in [2.05, 4.69) is 10.2 Å². The van der Waals surface area contributed by atoms with E-state index in [1.165, 1.54) is 11.8 Å². The molecule has 1 atom stereocenters. The van der Waals surface area contributed by atoms with Crippen LogP contribution in [0.3, 0.4) is 0 Å². The van der Waals surface area contributed by atoms with Crippen molar-refractivity contribution in [3.8, 4) is 11.5 Å². The first-order valence-electron chi connectivity index (χ1n) is 7.14. The number of hydrogen-bond acceptors (Lipinski definition) is 6. The molecule has 3 aromatic rings. The summed E-state index contributed by atoms with van der Waals surface area (Å²) in [7, 11) is 1.62. The van der Waals surface area contributed by atoms with Crippen LogP contribution in [0.1, 0.15) is 0 Å². The fourth-order valence-electron chi connectivity index (χ4n) is 2.00. The number of ether oxygens (including phenoxy) is 2. The maximum Gasteiger partial charge on any atom is 0.195 e. The molecule has 23 heavy (non-hydrogen) atoms. The highest BCUT2D eigenvalue weighted by Crippen LogP contribution is 2.19. The molecular weight excluding hydrogens is 314 g/mol. The summed E-state index contributed by atoms with van der Waals surface area (Å²) in [5.41, 5.74) is 0.791. The van der Waals surface area contributed by atoms with Gasteiger partial charge in [-0.2, -0.15) is 0 Å². The molecule has 1 aromatic carbocycles. The van der Waals surface area contributed by atoms with Gasteiger partial charge in [-0.1, -0.05) is 17.8 Å². The van der Waals surface area contributed by atoms with E-state index >= 15 is 0 Å². The van der Waals surface area contributed by atoms with Gasteiger partial charge in [0.05, 0.1) is 13.2 Å². The molecule has 0 spiro atoms. The predicted molar refractivity (Wildman–Crippen MR) is 88.2 cm³/mol. The van der Waals surface area contributed by atoms with Crippen LogP contribution >= 0.6 is 11.8 Å². The molecule has 0 bridgehead atoms. The third-order valence-corrected chi connectivity index (χ3v) is 4.28. The second-order valence-electron chi connectivity index (χ2n) is 4.86. The van der Waals surface area contributed by atoms with E-state index < -0.39 is 6.10 Å². The van der Waals surface area contributed by atoms with Crippen molar-refractivity contribution in [1.29, 1.82) is 0 Å². The summed E-state index contributed by atoms with van der Waals surface area (Å²) in [5.74, 6) is 1.95. The van der Waals surface area contributed by atoms with E-state index in [4.69, 9.17) is 9.47 Å². The van der Waals surface area contributed by atoms with Crippen molar-refractivity contribution in [2.75, 3.05) is 19.5 Å². The first kappa shape index (κ1) is 15.6. The van der Waals surface area contributed by atoms with Crippen molar-refractivity contribution in [3.63, 3.8) is 0 Å². The van der Waals surface area contributed by atoms with Crippen molar-refractivity contribution in [1.82, 2.24) is 14.6 Å². The molecule has 3 rings (SSSR count). The minimum Gasteiger partial charge on any atom is -0.497 e. The molecule has 0 saturated heterocycles. The van der Waals surface area contributed by atoms with Crippen molar-refractivity contribution in [2.45, 2.75) is 11.3 Å². The molecule has 0 aliphatic rings. The Labute approximate surface area is 138 Å². The maximum absolute atomic E-state index is 10.1. The molecular formula is C16H17N3O3S. The molecule has 2 heterocycles. The average Bonchev–Trinajstić information content (AvgIpc) is 3.02. The second-order valence-corrected chi connectivity index (χ2v) is 5.85. The Morgan fingerprint density at radius 3 is 2.70 bits per heavy atom. The fourth-order valence-corrected chi connectivity index (χ4v) is 2.83. The van der Waals surface area contributed by atoms with E-state index in [0.29, 0.717) is 11.5 Å². The summed E-state index contributed by atoms with van der Waals surface area (Å²) in [6, 6.07) is 13.0. The van der Waals surface area contributed by atoms with Crippen LogP contribution in [0.25, 0.3) is 5.65 Å². The van der Waals surface area contributed by atoms with Gasteiger partial charge >= 0.3 is 0 Å². The number of methoxy groups -OCH3 is 1. The van der Waals surface area contributed by atoms with Gasteiger partial charge in [0, 0.05) is 11.9 Å². The average molecular weight is 331 g/mol. The van der Waals surface area contributed by atoms with Crippen LogP contribution in [0.2, 0.25) is 0 Å². The summed E-state index contributed by atoms with van der Waals surface area (Å²) < 4.78 is 12.5. The summed E-state index contributed by atoms with van der Waals surface area (Å²) in [4.78, 5) is 0. The Bertz CT molecular complexity index is 761. The lowest BCUT2D eigenvalue weighted by atomic mass is 10.3. The van der Waals surface area contributed by atoms with E-state index in [1.807, 2.05) is 53.1 Å². The predicted octanol–water partition coefficient (Wildman–Crippen LogP) is 2.27. The quantitative estimate of drug-likeness (QED) is 0.670. The standard InChI is InChI=1S/C16H17N3O3S/c1-21-13-5-7-14(8-6-13)22-10-12(20)11-23-16-18-17-15-4-2-3-9-19(15)16/h2-9,12,20H,10-11H2,1H3/t12-/m1/s1. The van der Waals surface area contributed by atoms with Gasteiger partial charge in [-0.25, -0.2) is 0 Å². The lowest BCUT2D eigenvalue weighted by molar-refractivity contribution is 0.126. The molecule has 6 nitrogen and oxygen atoms in total. The Morgan fingerprint density at radius 1 is 1.13 bits per heavy atom. The maximum atomic E-state index is 10.1. The molecule has 0 aliphatic heterocycles.